The maximum absolute atomic E-state index is 6.11. The van der Waals surface area contributed by atoms with Gasteiger partial charge < -0.3 is 10.2 Å². The number of nitrogens with zero attached hydrogens (tertiary/aromatic N) is 3. The second-order valence-electron chi connectivity index (χ2n) is 5.29. The molecule has 1 N–H and O–H groups in total. The molecule has 2 atom stereocenters. The first-order valence-corrected chi connectivity index (χ1v) is 6.92. The Morgan fingerprint density at radius 1 is 1.33 bits per heavy atom. The highest BCUT2D eigenvalue weighted by Gasteiger charge is 2.22. The topological polar surface area (TPSA) is 41.1 Å². The van der Waals surface area contributed by atoms with Crippen molar-refractivity contribution in [3.8, 4) is 0 Å². The summed E-state index contributed by atoms with van der Waals surface area (Å²) in [5.41, 5.74) is 0.834. The van der Waals surface area contributed by atoms with Crippen LogP contribution >= 0.6 is 11.6 Å². The molecule has 1 aromatic heterocycles. The predicted octanol–water partition coefficient (Wildman–Crippen LogP) is 3.04. The fourth-order valence-electron chi connectivity index (χ4n) is 2.73. The quantitative estimate of drug-likeness (QED) is 0.837. The number of hydrogen-bond acceptors (Lipinski definition) is 4. The monoisotopic (exact) mass is 268 g/mol. The summed E-state index contributed by atoms with van der Waals surface area (Å²) in [6.45, 7) is 6.70. The zero-order valence-electron chi connectivity index (χ0n) is 11.3. The lowest BCUT2D eigenvalue weighted by atomic mass is 9.97. The molecular formula is C13H21ClN4. The van der Waals surface area contributed by atoms with E-state index in [1.54, 1.807) is 0 Å². The molecule has 100 valence electrons. The molecule has 2 unspecified atom stereocenters. The normalized spacial score (nSPS) is 24.8. The van der Waals surface area contributed by atoms with E-state index in [0.29, 0.717) is 11.1 Å². The molecule has 18 heavy (non-hydrogen) atoms. The van der Waals surface area contributed by atoms with E-state index in [4.69, 9.17) is 11.6 Å². The van der Waals surface area contributed by atoms with Crippen LogP contribution in [0.25, 0.3) is 0 Å². The predicted molar refractivity (Wildman–Crippen MR) is 76.4 cm³/mol. The maximum Gasteiger partial charge on any atom is 0.157 e. The summed E-state index contributed by atoms with van der Waals surface area (Å²) in [5.74, 6) is 2.39. The lowest BCUT2D eigenvalue weighted by Gasteiger charge is -2.25. The lowest BCUT2D eigenvalue weighted by Crippen LogP contribution is -2.29. The van der Waals surface area contributed by atoms with E-state index in [0.717, 1.165) is 30.5 Å². The minimum absolute atomic E-state index is 0.493. The molecule has 0 aromatic carbocycles. The van der Waals surface area contributed by atoms with Crippen LogP contribution in [0.4, 0.5) is 11.5 Å². The molecule has 0 radical (unpaired) electrons. The van der Waals surface area contributed by atoms with Gasteiger partial charge in [-0.15, -0.1) is 0 Å². The zero-order chi connectivity index (χ0) is 13.1. The van der Waals surface area contributed by atoms with Crippen molar-refractivity contribution < 1.29 is 0 Å². The molecule has 0 amide bonds. The van der Waals surface area contributed by atoms with E-state index >= 15 is 0 Å². The molecule has 1 aromatic rings. The van der Waals surface area contributed by atoms with Crippen LogP contribution in [0.5, 0.6) is 0 Å². The summed E-state index contributed by atoms with van der Waals surface area (Å²) in [4.78, 5) is 10.8. The average molecular weight is 269 g/mol. The van der Waals surface area contributed by atoms with E-state index in [1.807, 2.05) is 7.05 Å². The molecule has 0 bridgehead atoms. The number of halogens is 1. The van der Waals surface area contributed by atoms with Crippen LogP contribution in [0.15, 0.2) is 6.33 Å². The van der Waals surface area contributed by atoms with E-state index in [1.165, 1.54) is 19.2 Å². The Kier molecular flexibility index (Phi) is 4.27. The van der Waals surface area contributed by atoms with Crippen molar-refractivity contribution in [2.24, 2.45) is 11.8 Å². The summed E-state index contributed by atoms with van der Waals surface area (Å²) < 4.78 is 0. The molecule has 0 spiro atoms. The number of hydrogen-bond donors (Lipinski definition) is 1. The third-order valence-corrected chi connectivity index (χ3v) is 3.85. The minimum atomic E-state index is 0.493. The lowest BCUT2D eigenvalue weighted by molar-refractivity contribution is 0.442. The smallest absolute Gasteiger partial charge is 0.157 e. The number of anilines is 2. The molecule has 1 saturated heterocycles. The van der Waals surface area contributed by atoms with Crippen LogP contribution in [-0.2, 0) is 0 Å². The van der Waals surface area contributed by atoms with Crippen molar-refractivity contribution in [2.45, 2.75) is 26.7 Å². The fourth-order valence-corrected chi connectivity index (χ4v) is 2.95. The summed E-state index contributed by atoms with van der Waals surface area (Å²) in [6, 6.07) is 0. The number of nitrogens with one attached hydrogen (secondary N) is 1. The molecule has 4 nitrogen and oxygen atoms in total. The van der Waals surface area contributed by atoms with Gasteiger partial charge in [0.25, 0.3) is 0 Å². The van der Waals surface area contributed by atoms with Crippen LogP contribution in [0.1, 0.15) is 26.7 Å². The Hall–Kier alpha value is -1.03. The van der Waals surface area contributed by atoms with Gasteiger partial charge in [-0.2, -0.15) is 0 Å². The Labute approximate surface area is 114 Å². The van der Waals surface area contributed by atoms with E-state index in [9.17, 15) is 0 Å². The maximum atomic E-state index is 6.11. The average Bonchev–Trinajstić information content (AvgIpc) is 2.50. The molecule has 0 saturated carbocycles. The van der Waals surface area contributed by atoms with Crippen molar-refractivity contribution in [3.05, 3.63) is 11.5 Å². The van der Waals surface area contributed by atoms with Gasteiger partial charge in [0.15, 0.2) is 11.0 Å². The van der Waals surface area contributed by atoms with Crippen molar-refractivity contribution in [3.63, 3.8) is 0 Å². The molecule has 1 aliphatic rings. The Morgan fingerprint density at radius 3 is 2.83 bits per heavy atom. The van der Waals surface area contributed by atoms with Crippen molar-refractivity contribution in [1.82, 2.24) is 9.97 Å². The van der Waals surface area contributed by atoms with Crippen LogP contribution in [0.3, 0.4) is 0 Å². The first-order chi connectivity index (χ1) is 8.61. The zero-order valence-corrected chi connectivity index (χ0v) is 12.0. The van der Waals surface area contributed by atoms with E-state index in [2.05, 4.69) is 34.0 Å². The third kappa shape index (κ3) is 2.86. The standard InChI is InChI=1S/C13H21ClN4/c1-9-4-5-18(7-10(2)6-9)13-11(15-3)12(14)16-8-17-13/h8-10,15H,4-7H2,1-3H3. The van der Waals surface area contributed by atoms with Crippen molar-refractivity contribution >= 4 is 23.1 Å². The number of rotatable bonds is 2. The first kappa shape index (κ1) is 13.4. The second-order valence-corrected chi connectivity index (χ2v) is 5.65. The van der Waals surface area contributed by atoms with Crippen LogP contribution in [0.2, 0.25) is 5.15 Å². The molecule has 0 aliphatic carbocycles. The van der Waals surface area contributed by atoms with Gasteiger partial charge in [-0.05, 0) is 24.7 Å². The van der Waals surface area contributed by atoms with Crippen LogP contribution < -0.4 is 10.2 Å². The summed E-state index contributed by atoms with van der Waals surface area (Å²) in [7, 11) is 1.86. The minimum Gasteiger partial charge on any atom is -0.383 e. The first-order valence-electron chi connectivity index (χ1n) is 6.55. The Balaban J connectivity index is 2.27. The van der Waals surface area contributed by atoms with Gasteiger partial charge in [0, 0.05) is 20.1 Å². The highest BCUT2D eigenvalue weighted by Crippen LogP contribution is 2.32. The highest BCUT2D eigenvalue weighted by molar-refractivity contribution is 6.32. The largest absolute Gasteiger partial charge is 0.383 e. The molecule has 2 heterocycles. The van der Waals surface area contributed by atoms with Gasteiger partial charge in [0.2, 0.25) is 0 Å². The molecule has 1 fully saturated rings. The van der Waals surface area contributed by atoms with Gasteiger partial charge in [0.05, 0.1) is 0 Å². The SMILES string of the molecule is CNc1c(Cl)ncnc1N1CCC(C)CC(C)C1. The summed E-state index contributed by atoms with van der Waals surface area (Å²) in [5, 5.41) is 3.60. The van der Waals surface area contributed by atoms with Gasteiger partial charge in [0.1, 0.15) is 12.0 Å². The highest BCUT2D eigenvalue weighted by atomic mass is 35.5. The fraction of sp³-hybridized carbons (Fsp3) is 0.692. The summed E-state index contributed by atoms with van der Waals surface area (Å²) >= 11 is 6.11. The van der Waals surface area contributed by atoms with Gasteiger partial charge in [-0.1, -0.05) is 25.4 Å². The third-order valence-electron chi connectivity index (χ3n) is 3.56. The molecule has 2 rings (SSSR count). The van der Waals surface area contributed by atoms with Gasteiger partial charge >= 0.3 is 0 Å². The van der Waals surface area contributed by atoms with Crippen LogP contribution in [-0.4, -0.2) is 30.1 Å². The summed E-state index contributed by atoms with van der Waals surface area (Å²) in [6.07, 6.45) is 4.02. The second kappa shape index (κ2) is 5.74. The van der Waals surface area contributed by atoms with Crippen LogP contribution in [0, 0.1) is 11.8 Å². The molecule has 1 aliphatic heterocycles. The van der Waals surface area contributed by atoms with Gasteiger partial charge in [-0.25, -0.2) is 9.97 Å². The van der Waals surface area contributed by atoms with Crippen molar-refractivity contribution in [1.29, 1.82) is 0 Å². The Bertz CT molecular complexity index is 410. The van der Waals surface area contributed by atoms with Gasteiger partial charge in [-0.3, -0.25) is 0 Å². The molecule has 5 heteroatoms. The van der Waals surface area contributed by atoms with E-state index < -0.39 is 0 Å². The van der Waals surface area contributed by atoms with E-state index in [-0.39, 0.29) is 0 Å². The number of aromatic nitrogens is 2. The Morgan fingerprint density at radius 2 is 2.11 bits per heavy atom. The molecular weight excluding hydrogens is 248 g/mol. The van der Waals surface area contributed by atoms with Crippen molar-refractivity contribution in [2.75, 3.05) is 30.4 Å².